The van der Waals surface area contributed by atoms with Gasteiger partial charge in [-0.3, -0.25) is 4.79 Å². The summed E-state index contributed by atoms with van der Waals surface area (Å²) in [5.74, 6) is -0.231. The number of anilines is 3. The molecule has 7 nitrogen and oxygen atoms in total. The quantitative estimate of drug-likeness (QED) is 0.224. The number of hydrogen-bond donors (Lipinski definition) is 2. The number of thiophene rings is 1. The van der Waals surface area contributed by atoms with Crippen LogP contribution in [0.5, 0.6) is 0 Å². The van der Waals surface area contributed by atoms with Gasteiger partial charge in [0.1, 0.15) is 17.5 Å². The summed E-state index contributed by atoms with van der Waals surface area (Å²) in [5.41, 5.74) is 3.47. The van der Waals surface area contributed by atoms with Crippen molar-refractivity contribution in [2.24, 2.45) is 0 Å². The fourth-order valence-electron chi connectivity index (χ4n) is 4.80. The second-order valence-electron chi connectivity index (χ2n) is 10.0. The van der Waals surface area contributed by atoms with Gasteiger partial charge < -0.3 is 20.4 Å². The standard InChI is InChI=1S/C33H31F2N5O2S/c1-3-26-22(2)31(43-29(26)10-6-7-23-11-13-24(34)14-12-23)32(41)37-25-15-16-30(36-21-25)39-17-19-40(20-18-39)33(42)38-28-9-5-4-8-27(28)35/h3-6,8-16,21H,1,7,17-20H2,2H3,(H,37,41)(H,38,42)/b10-6-. The molecule has 5 rings (SSSR count). The van der Waals surface area contributed by atoms with E-state index >= 15 is 0 Å². The molecule has 0 radical (unpaired) electrons. The van der Waals surface area contributed by atoms with Gasteiger partial charge in [-0.25, -0.2) is 18.6 Å². The normalized spacial score (nSPS) is 13.3. The average molecular weight is 600 g/mol. The molecule has 0 saturated carbocycles. The Labute approximate surface area is 253 Å². The van der Waals surface area contributed by atoms with E-state index in [1.54, 1.807) is 47.5 Å². The number of urea groups is 1. The minimum Gasteiger partial charge on any atom is -0.353 e. The summed E-state index contributed by atoms with van der Waals surface area (Å²) in [4.78, 5) is 35.5. The van der Waals surface area contributed by atoms with Gasteiger partial charge in [-0.05, 0) is 72.5 Å². The molecule has 0 spiro atoms. The Hall–Kier alpha value is -4.83. The van der Waals surface area contributed by atoms with Crippen molar-refractivity contribution in [3.8, 4) is 0 Å². The highest BCUT2D eigenvalue weighted by atomic mass is 32.1. The number of para-hydroxylation sites is 1. The fourth-order valence-corrected chi connectivity index (χ4v) is 5.93. The molecule has 0 unspecified atom stereocenters. The second-order valence-corrected chi connectivity index (χ2v) is 11.1. The van der Waals surface area contributed by atoms with Crippen LogP contribution in [0.4, 0.5) is 30.8 Å². The topological polar surface area (TPSA) is 77.6 Å². The molecule has 3 amide bonds. The van der Waals surface area contributed by atoms with Crippen LogP contribution >= 0.6 is 11.3 Å². The number of piperazine rings is 1. The Balaban J connectivity index is 1.16. The molecular formula is C33H31F2N5O2S. The Kier molecular flexibility index (Phi) is 9.26. The van der Waals surface area contributed by atoms with E-state index < -0.39 is 5.82 Å². The van der Waals surface area contributed by atoms with Crippen molar-refractivity contribution in [1.29, 1.82) is 0 Å². The Bertz CT molecular complexity index is 1640. The fraction of sp³-hybridized carbons (Fsp3) is 0.182. The van der Waals surface area contributed by atoms with Gasteiger partial charge in [-0.2, -0.15) is 0 Å². The van der Waals surface area contributed by atoms with E-state index in [9.17, 15) is 18.4 Å². The van der Waals surface area contributed by atoms with E-state index in [0.29, 0.717) is 43.2 Å². The predicted octanol–water partition coefficient (Wildman–Crippen LogP) is 7.24. The average Bonchev–Trinajstić information content (AvgIpc) is 3.34. The van der Waals surface area contributed by atoms with Gasteiger partial charge in [-0.1, -0.05) is 43.0 Å². The molecule has 0 bridgehead atoms. The van der Waals surface area contributed by atoms with Gasteiger partial charge in [0.2, 0.25) is 0 Å². The summed E-state index contributed by atoms with van der Waals surface area (Å²) in [6.45, 7) is 7.88. The van der Waals surface area contributed by atoms with Crippen LogP contribution in [0.2, 0.25) is 0 Å². The first-order chi connectivity index (χ1) is 20.8. The first-order valence-corrected chi connectivity index (χ1v) is 14.6. The number of halogens is 2. The number of allylic oxidation sites excluding steroid dienone is 1. The molecule has 2 N–H and O–H groups in total. The monoisotopic (exact) mass is 599 g/mol. The van der Waals surface area contributed by atoms with Crippen molar-refractivity contribution in [3.63, 3.8) is 0 Å². The summed E-state index contributed by atoms with van der Waals surface area (Å²) in [6.07, 6.45) is 7.97. The molecule has 0 aliphatic carbocycles. The van der Waals surface area contributed by atoms with Crippen LogP contribution in [0.3, 0.4) is 0 Å². The molecule has 2 aromatic heterocycles. The molecule has 1 aliphatic heterocycles. The molecule has 1 fully saturated rings. The summed E-state index contributed by atoms with van der Waals surface area (Å²) < 4.78 is 27.0. The Morgan fingerprint density at radius 1 is 1.00 bits per heavy atom. The molecule has 43 heavy (non-hydrogen) atoms. The maximum Gasteiger partial charge on any atom is 0.322 e. The Morgan fingerprint density at radius 3 is 2.42 bits per heavy atom. The Morgan fingerprint density at radius 2 is 1.74 bits per heavy atom. The number of nitrogens with one attached hydrogen (secondary N) is 2. The molecule has 4 aromatic rings. The van der Waals surface area contributed by atoms with Gasteiger partial charge in [-0.15, -0.1) is 11.3 Å². The van der Waals surface area contributed by atoms with Crippen LogP contribution in [-0.4, -0.2) is 48.0 Å². The van der Waals surface area contributed by atoms with Gasteiger partial charge >= 0.3 is 6.03 Å². The third-order valence-corrected chi connectivity index (χ3v) is 8.45. The van der Waals surface area contributed by atoms with Crippen LogP contribution < -0.4 is 15.5 Å². The van der Waals surface area contributed by atoms with E-state index in [2.05, 4.69) is 27.1 Å². The van der Waals surface area contributed by atoms with Crippen molar-refractivity contribution in [3.05, 3.63) is 118 Å². The minimum atomic E-state index is -0.475. The van der Waals surface area contributed by atoms with Gasteiger partial charge in [0.25, 0.3) is 5.91 Å². The highest BCUT2D eigenvalue weighted by molar-refractivity contribution is 7.15. The van der Waals surface area contributed by atoms with Gasteiger partial charge in [0.15, 0.2) is 0 Å². The summed E-state index contributed by atoms with van der Waals surface area (Å²) >= 11 is 1.39. The zero-order valence-corrected chi connectivity index (χ0v) is 24.5. The molecule has 3 heterocycles. The van der Waals surface area contributed by atoms with Crippen LogP contribution in [0, 0.1) is 18.6 Å². The number of carbonyl (C=O) groups is 2. The molecular weight excluding hydrogens is 568 g/mol. The third-order valence-electron chi connectivity index (χ3n) is 7.18. The number of rotatable bonds is 8. The summed E-state index contributed by atoms with van der Waals surface area (Å²) in [6, 6.07) is 15.8. The zero-order valence-electron chi connectivity index (χ0n) is 23.6. The first-order valence-electron chi connectivity index (χ1n) is 13.8. The molecule has 1 saturated heterocycles. The molecule has 10 heteroatoms. The largest absolute Gasteiger partial charge is 0.353 e. The van der Waals surface area contributed by atoms with Crippen LogP contribution in [0.15, 0.2) is 79.5 Å². The van der Waals surface area contributed by atoms with Crippen LogP contribution in [-0.2, 0) is 6.42 Å². The molecule has 220 valence electrons. The third kappa shape index (κ3) is 7.15. The molecule has 2 aromatic carbocycles. The van der Waals surface area contributed by atoms with Crippen molar-refractivity contribution in [2.45, 2.75) is 13.3 Å². The van der Waals surface area contributed by atoms with E-state index in [1.807, 2.05) is 25.1 Å². The van der Waals surface area contributed by atoms with Crippen molar-refractivity contribution < 1.29 is 18.4 Å². The van der Waals surface area contributed by atoms with Crippen LogP contribution in [0.25, 0.3) is 12.2 Å². The number of benzene rings is 2. The number of carbonyl (C=O) groups excluding carboxylic acids is 2. The predicted molar refractivity (Wildman–Crippen MR) is 170 cm³/mol. The maximum absolute atomic E-state index is 13.9. The smallest absolute Gasteiger partial charge is 0.322 e. The lowest BCUT2D eigenvalue weighted by Crippen LogP contribution is -2.50. The zero-order chi connectivity index (χ0) is 30.3. The van der Waals surface area contributed by atoms with Crippen molar-refractivity contribution in [2.75, 3.05) is 41.7 Å². The molecule has 0 atom stereocenters. The van der Waals surface area contributed by atoms with Gasteiger partial charge in [0, 0.05) is 31.1 Å². The summed E-state index contributed by atoms with van der Waals surface area (Å²) in [7, 11) is 0. The highest BCUT2D eigenvalue weighted by Gasteiger charge is 2.23. The number of amides is 3. The van der Waals surface area contributed by atoms with E-state index in [0.717, 1.165) is 27.4 Å². The molecule has 1 aliphatic rings. The number of aromatic nitrogens is 1. The van der Waals surface area contributed by atoms with E-state index in [-0.39, 0.29) is 23.4 Å². The second kappa shape index (κ2) is 13.4. The summed E-state index contributed by atoms with van der Waals surface area (Å²) in [5, 5.41) is 5.56. The lowest BCUT2D eigenvalue weighted by molar-refractivity contribution is 0.103. The lowest BCUT2D eigenvalue weighted by atomic mass is 10.1. The van der Waals surface area contributed by atoms with Crippen molar-refractivity contribution >= 4 is 52.6 Å². The minimum absolute atomic E-state index is 0.155. The van der Waals surface area contributed by atoms with Crippen molar-refractivity contribution in [1.82, 2.24) is 9.88 Å². The number of pyridine rings is 1. The highest BCUT2D eigenvalue weighted by Crippen LogP contribution is 2.31. The first kappa shape index (κ1) is 29.7. The van der Waals surface area contributed by atoms with Crippen LogP contribution in [0.1, 0.15) is 31.2 Å². The van der Waals surface area contributed by atoms with E-state index in [4.69, 9.17) is 0 Å². The van der Waals surface area contributed by atoms with E-state index in [1.165, 1.54) is 35.6 Å². The number of nitrogens with zero attached hydrogens (tertiary/aromatic N) is 3. The van der Waals surface area contributed by atoms with Gasteiger partial charge in [0.05, 0.1) is 22.4 Å². The lowest BCUT2D eigenvalue weighted by Gasteiger charge is -2.35. The maximum atomic E-state index is 13.9. The SMILES string of the molecule is C=Cc1c(/C=C\Cc2ccc(F)cc2)sc(C(=O)Nc2ccc(N3CCN(C(=O)Nc4ccccc4F)CC3)nc2)c1C. The number of hydrogen-bond acceptors (Lipinski definition) is 5.